The van der Waals surface area contributed by atoms with Gasteiger partial charge in [-0.1, -0.05) is 24.5 Å². The van der Waals surface area contributed by atoms with Crippen LogP contribution in [0.25, 0.3) is 0 Å². The van der Waals surface area contributed by atoms with Crippen molar-refractivity contribution in [3.05, 3.63) is 11.6 Å². The SMILES string of the molecule is CC(C)=CC1(O)CCCC12CCCC2. The average molecular weight is 194 g/mol. The molecule has 1 spiro atoms. The van der Waals surface area contributed by atoms with E-state index in [-0.39, 0.29) is 5.41 Å². The van der Waals surface area contributed by atoms with E-state index in [1.807, 2.05) is 0 Å². The fourth-order valence-corrected chi connectivity index (χ4v) is 3.62. The van der Waals surface area contributed by atoms with Gasteiger partial charge in [0.25, 0.3) is 0 Å². The van der Waals surface area contributed by atoms with E-state index < -0.39 is 5.60 Å². The molecule has 1 N–H and O–H groups in total. The highest BCUT2D eigenvalue weighted by atomic mass is 16.3. The monoisotopic (exact) mass is 194 g/mol. The Hall–Kier alpha value is -0.300. The molecule has 1 nitrogen and oxygen atoms in total. The number of rotatable bonds is 1. The normalized spacial score (nSPS) is 35.1. The Balaban J connectivity index is 2.28. The van der Waals surface area contributed by atoms with Crippen molar-refractivity contribution in [2.45, 2.75) is 64.4 Å². The molecule has 0 aromatic heterocycles. The summed E-state index contributed by atoms with van der Waals surface area (Å²) in [5.41, 5.74) is 1.05. The first kappa shape index (κ1) is 10.2. The molecule has 2 rings (SSSR count). The molecule has 2 aliphatic carbocycles. The van der Waals surface area contributed by atoms with Gasteiger partial charge in [0.2, 0.25) is 0 Å². The summed E-state index contributed by atoms with van der Waals surface area (Å²) in [5, 5.41) is 10.7. The van der Waals surface area contributed by atoms with Crippen molar-refractivity contribution < 1.29 is 5.11 Å². The van der Waals surface area contributed by atoms with Crippen LogP contribution in [0.15, 0.2) is 11.6 Å². The Labute approximate surface area is 87.2 Å². The first-order valence-corrected chi connectivity index (χ1v) is 5.97. The summed E-state index contributed by atoms with van der Waals surface area (Å²) in [7, 11) is 0. The summed E-state index contributed by atoms with van der Waals surface area (Å²) in [5.74, 6) is 0. The van der Waals surface area contributed by atoms with E-state index in [1.54, 1.807) is 0 Å². The Bertz CT molecular complexity index is 238. The van der Waals surface area contributed by atoms with Crippen molar-refractivity contribution in [1.29, 1.82) is 0 Å². The van der Waals surface area contributed by atoms with Crippen LogP contribution < -0.4 is 0 Å². The Morgan fingerprint density at radius 2 is 1.57 bits per heavy atom. The largest absolute Gasteiger partial charge is 0.385 e. The van der Waals surface area contributed by atoms with Gasteiger partial charge in [-0.25, -0.2) is 0 Å². The quantitative estimate of drug-likeness (QED) is 0.634. The van der Waals surface area contributed by atoms with Crippen molar-refractivity contribution >= 4 is 0 Å². The minimum atomic E-state index is -0.470. The Morgan fingerprint density at radius 1 is 1.00 bits per heavy atom. The fraction of sp³-hybridized carbons (Fsp3) is 0.846. The lowest BCUT2D eigenvalue weighted by atomic mass is 9.72. The molecule has 0 aromatic rings. The van der Waals surface area contributed by atoms with E-state index in [0.29, 0.717) is 0 Å². The predicted octanol–water partition coefficient (Wildman–Crippen LogP) is 3.43. The van der Waals surface area contributed by atoms with Gasteiger partial charge >= 0.3 is 0 Å². The van der Waals surface area contributed by atoms with E-state index in [4.69, 9.17) is 0 Å². The topological polar surface area (TPSA) is 20.2 Å². The lowest BCUT2D eigenvalue weighted by molar-refractivity contribution is -0.0163. The molecule has 0 bridgehead atoms. The highest BCUT2D eigenvalue weighted by molar-refractivity contribution is 5.18. The van der Waals surface area contributed by atoms with Crippen LogP contribution in [0.3, 0.4) is 0 Å². The number of allylic oxidation sites excluding steroid dienone is 1. The maximum Gasteiger partial charge on any atom is 0.0886 e. The van der Waals surface area contributed by atoms with Crippen LogP contribution in [0.1, 0.15) is 58.8 Å². The van der Waals surface area contributed by atoms with Gasteiger partial charge in [0.1, 0.15) is 0 Å². The lowest BCUT2D eigenvalue weighted by Gasteiger charge is -2.38. The fourth-order valence-electron chi connectivity index (χ4n) is 3.62. The third-order valence-electron chi connectivity index (χ3n) is 4.22. The van der Waals surface area contributed by atoms with Crippen LogP contribution >= 0.6 is 0 Å². The lowest BCUT2D eigenvalue weighted by Crippen LogP contribution is -2.40. The average Bonchev–Trinajstić information content (AvgIpc) is 2.62. The van der Waals surface area contributed by atoms with Gasteiger partial charge < -0.3 is 5.11 Å². The van der Waals surface area contributed by atoms with Gasteiger partial charge in [-0.2, -0.15) is 0 Å². The van der Waals surface area contributed by atoms with Crippen molar-refractivity contribution in [3.8, 4) is 0 Å². The van der Waals surface area contributed by atoms with E-state index in [2.05, 4.69) is 19.9 Å². The number of aliphatic hydroxyl groups is 1. The van der Waals surface area contributed by atoms with Gasteiger partial charge in [0.15, 0.2) is 0 Å². The van der Waals surface area contributed by atoms with Crippen molar-refractivity contribution in [2.24, 2.45) is 5.41 Å². The summed E-state index contributed by atoms with van der Waals surface area (Å²) >= 11 is 0. The third kappa shape index (κ3) is 1.42. The molecule has 0 amide bonds. The first-order valence-electron chi connectivity index (χ1n) is 5.97. The summed E-state index contributed by atoms with van der Waals surface area (Å²) in [6, 6.07) is 0. The molecule has 2 aliphatic rings. The second-order valence-electron chi connectivity index (χ2n) is 5.49. The van der Waals surface area contributed by atoms with E-state index in [1.165, 1.54) is 44.1 Å². The molecular weight excluding hydrogens is 172 g/mol. The second kappa shape index (κ2) is 3.37. The first-order chi connectivity index (χ1) is 6.58. The Kier molecular flexibility index (Phi) is 2.46. The minimum Gasteiger partial charge on any atom is -0.385 e. The van der Waals surface area contributed by atoms with Crippen molar-refractivity contribution in [3.63, 3.8) is 0 Å². The third-order valence-corrected chi connectivity index (χ3v) is 4.22. The molecule has 2 saturated carbocycles. The molecule has 0 heterocycles. The molecule has 1 heteroatoms. The molecule has 1 atom stereocenters. The molecule has 80 valence electrons. The van der Waals surface area contributed by atoms with Gasteiger partial charge in [0, 0.05) is 5.41 Å². The smallest absolute Gasteiger partial charge is 0.0886 e. The zero-order chi connectivity index (χ0) is 10.2. The molecule has 0 aromatic carbocycles. The molecule has 14 heavy (non-hydrogen) atoms. The summed E-state index contributed by atoms with van der Waals surface area (Å²) in [6.45, 7) is 4.19. The van der Waals surface area contributed by atoms with Gasteiger partial charge in [-0.15, -0.1) is 0 Å². The zero-order valence-electron chi connectivity index (χ0n) is 9.47. The molecular formula is C13H22O. The molecule has 1 unspecified atom stereocenters. The summed E-state index contributed by atoms with van der Waals surface area (Å²) in [6.07, 6.45) is 10.7. The molecule has 0 saturated heterocycles. The minimum absolute atomic E-state index is 0.254. The van der Waals surface area contributed by atoms with Crippen LogP contribution in [-0.4, -0.2) is 10.7 Å². The van der Waals surface area contributed by atoms with Crippen molar-refractivity contribution in [1.82, 2.24) is 0 Å². The van der Waals surface area contributed by atoms with Gasteiger partial charge in [-0.3, -0.25) is 0 Å². The van der Waals surface area contributed by atoms with E-state index in [0.717, 1.165) is 6.42 Å². The van der Waals surface area contributed by atoms with Gasteiger partial charge in [-0.05, 0) is 46.0 Å². The second-order valence-corrected chi connectivity index (χ2v) is 5.49. The summed E-state index contributed by atoms with van der Waals surface area (Å²) in [4.78, 5) is 0. The highest BCUT2D eigenvalue weighted by Gasteiger charge is 2.53. The van der Waals surface area contributed by atoms with Gasteiger partial charge in [0.05, 0.1) is 5.60 Å². The maximum atomic E-state index is 10.7. The van der Waals surface area contributed by atoms with E-state index >= 15 is 0 Å². The summed E-state index contributed by atoms with van der Waals surface area (Å²) < 4.78 is 0. The van der Waals surface area contributed by atoms with Crippen molar-refractivity contribution in [2.75, 3.05) is 0 Å². The standard InChI is InChI=1S/C13H22O/c1-11(2)10-13(14)9-5-8-12(13)6-3-4-7-12/h10,14H,3-9H2,1-2H3. The number of hydrogen-bond donors (Lipinski definition) is 1. The van der Waals surface area contributed by atoms with Crippen LogP contribution in [0.4, 0.5) is 0 Å². The van der Waals surface area contributed by atoms with Crippen LogP contribution in [-0.2, 0) is 0 Å². The number of hydrogen-bond acceptors (Lipinski definition) is 1. The predicted molar refractivity (Wildman–Crippen MR) is 59.1 cm³/mol. The molecule has 2 fully saturated rings. The van der Waals surface area contributed by atoms with Crippen LogP contribution in [0, 0.1) is 5.41 Å². The molecule has 0 radical (unpaired) electrons. The van der Waals surface area contributed by atoms with E-state index in [9.17, 15) is 5.11 Å². The maximum absolute atomic E-state index is 10.7. The zero-order valence-corrected chi connectivity index (χ0v) is 9.47. The van der Waals surface area contributed by atoms with Crippen LogP contribution in [0.5, 0.6) is 0 Å². The highest BCUT2D eigenvalue weighted by Crippen LogP contribution is 2.57. The van der Waals surface area contributed by atoms with Crippen LogP contribution in [0.2, 0.25) is 0 Å². The molecule has 0 aliphatic heterocycles. The Morgan fingerprint density at radius 3 is 2.14 bits per heavy atom.